The van der Waals surface area contributed by atoms with Crippen molar-refractivity contribution in [3.63, 3.8) is 0 Å². The number of aliphatic hydroxyl groups excluding tert-OH is 1. The summed E-state index contributed by atoms with van der Waals surface area (Å²) in [4.78, 5) is 0. The molecule has 0 saturated carbocycles. The number of sulfonamides is 1. The Morgan fingerprint density at radius 3 is 2.53 bits per heavy atom. The summed E-state index contributed by atoms with van der Waals surface area (Å²) in [5.74, 6) is 0.742. The second kappa shape index (κ2) is 6.16. The Bertz CT molecular complexity index is 327. The van der Waals surface area contributed by atoms with Crippen LogP contribution in [0, 0.1) is 11.8 Å². The van der Waals surface area contributed by atoms with E-state index in [2.05, 4.69) is 0 Å². The second-order valence-corrected chi connectivity index (χ2v) is 7.58. The van der Waals surface area contributed by atoms with Gasteiger partial charge in [-0.3, -0.25) is 0 Å². The molecule has 1 saturated heterocycles. The fourth-order valence-electron chi connectivity index (χ4n) is 2.19. The van der Waals surface area contributed by atoms with Crippen molar-refractivity contribution < 1.29 is 13.5 Å². The number of rotatable bonds is 5. The summed E-state index contributed by atoms with van der Waals surface area (Å²) in [7, 11) is -3.15. The summed E-state index contributed by atoms with van der Waals surface area (Å²) in [6.45, 7) is 6.60. The number of nitrogens with zero attached hydrogens (tertiary/aromatic N) is 1. The normalized spacial score (nSPS) is 27.6. The second-order valence-electron chi connectivity index (χ2n) is 5.54. The zero-order valence-electron chi connectivity index (χ0n) is 11.1. The molecule has 1 heterocycles. The summed E-state index contributed by atoms with van der Waals surface area (Å²) >= 11 is 0. The molecule has 0 aromatic carbocycles. The van der Waals surface area contributed by atoms with Crippen LogP contribution in [0.5, 0.6) is 0 Å². The molecule has 0 bridgehead atoms. The molecular weight excluding hydrogens is 238 g/mol. The van der Waals surface area contributed by atoms with Gasteiger partial charge in [0.15, 0.2) is 0 Å². The average Bonchev–Trinajstić information content (AvgIpc) is 2.27. The average molecular weight is 263 g/mol. The highest BCUT2D eigenvalue weighted by molar-refractivity contribution is 7.89. The van der Waals surface area contributed by atoms with Gasteiger partial charge in [0.2, 0.25) is 10.0 Å². The topological polar surface area (TPSA) is 57.6 Å². The van der Waals surface area contributed by atoms with E-state index in [1.54, 1.807) is 4.31 Å². The van der Waals surface area contributed by atoms with Gasteiger partial charge in [-0.15, -0.1) is 0 Å². The monoisotopic (exact) mass is 263 g/mol. The number of hydrogen-bond acceptors (Lipinski definition) is 3. The van der Waals surface area contributed by atoms with Crippen molar-refractivity contribution in [2.24, 2.45) is 11.8 Å². The van der Waals surface area contributed by atoms with Crippen LogP contribution in [0.3, 0.4) is 0 Å². The molecule has 0 radical (unpaired) electrons. The van der Waals surface area contributed by atoms with Crippen LogP contribution in [0.4, 0.5) is 0 Å². The van der Waals surface area contributed by atoms with Crippen molar-refractivity contribution in [2.75, 3.05) is 18.9 Å². The van der Waals surface area contributed by atoms with Crippen molar-refractivity contribution >= 4 is 10.0 Å². The van der Waals surface area contributed by atoms with Crippen molar-refractivity contribution in [3.8, 4) is 0 Å². The molecule has 2 unspecified atom stereocenters. The molecule has 0 amide bonds. The predicted molar refractivity (Wildman–Crippen MR) is 69.2 cm³/mol. The minimum atomic E-state index is -3.15. The summed E-state index contributed by atoms with van der Waals surface area (Å²) in [6.07, 6.45) is 2.48. The maximum Gasteiger partial charge on any atom is 0.214 e. The quantitative estimate of drug-likeness (QED) is 0.817. The van der Waals surface area contributed by atoms with Gasteiger partial charge in [0.25, 0.3) is 0 Å². The Hall–Kier alpha value is -0.130. The van der Waals surface area contributed by atoms with Gasteiger partial charge in [0.05, 0.1) is 5.75 Å². The van der Waals surface area contributed by atoms with Crippen molar-refractivity contribution in [2.45, 2.75) is 46.1 Å². The van der Waals surface area contributed by atoms with Crippen LogP contribution in [0.1, 0.15) is 40.0 Å². The molecule has 1 N–H and O–H groups in total. The first-order chi connectivity index (χ1) is 7.86. The van der Waals surface area contributed by atoms with Gasteiger partial charge in [0, 0.05) is 19.2 Å². The Labute approximate surface area is 105 Å². The lowest BCUT2D eigenvalue weighted by atomic mass is 9.96. The van der Waals surface area contributed by atoms with Crippen molar-refractivity contribution in [3.05, 3.63) is 0 Å². The van der Waals surface area contributed by atoms with Crippen molar-refractivity contribution in [1.29, 1.82) is 0 Å². The zero-order valence-corrected chi connectivity index (χ0v) is 11.9. The largest absolute Gasteiger partial charge is 0.396 e. The molecule has 2 atom stereocenters. The lowest BCUT2D eigenvalue weighted by Crippen LogP contribution is -2.47. The van der Waals surface area contributed by atoms with Gasteiger partial charge in [-0.1, -0.05) is 13.8 Å². The Morgan fingerprint density at radius 2 is 2.00 bits per heavy atom. The Morgan fingerprint density at radius 1 is 1.35 bits per heavy atom. The number of hydrogen-bond donors (Lipinski definition) is 1. The number of piperidine rings is 1. The molecule has 17 heavy (non-hydrogen) atoms. The third-order valence-corrected chi connectivity index (χ3v) is 5.47. The van der Waals surface area contributed by atoms with E-state index in [1.807, 2.05) is 20.8 Å². The van der Waals surface area contributed by atoms with Crippen LogP contribution in [0.25, 0.3) is 0 Å². The molecule has 1 fully saturated rings. The summed E-state index contributed by atoms with van der Waals surface area (Å²) in [5, 5.41) is 9.16. The summed E-state index contributed by atoms with van der Waals surface area (Å²) in [6, 6.07) is 0.0787. The lowest BCUT2D eigenvalue weighted by Gasteiger charge is -2.36. The first-order valence-corrected chi connectivity index (χ1v) is 8.08. The van der Waals surface area contributed by atoms with Crippen LogP contribution in [-0.4, -0.2) is 42.8 Å². The maximum absolute atomic E-state index is 12.2. The zero-order chi connectivity index (χ0) is 13.1. The first kappa shape index (κ1) is 14.9. The molecule has 0 aromatic rings. The fraction of sp³-hybridized carbons (Fsp3) is 1.00. The van der Waals surface area contributed by atoms with Gasteiger partial charge in [-0.25, -0.2) is 8.42 Å². The van der Waals surface area contributed by atoms with E-state index >= 15 is 0 Å². The van der Waals surface area contributed by atoms with Gasteiger partial charge in [0.1, 0.15) is 0 Å². The standard InChI is InChI=1S/C12H25NO3S/c1-10(2)6-7-17(15,16)13-8-12(9-14)5-4-11(13)3/h10-12,14H,4-9H2,1-3H3. The van der Waals surface area contributed by atoms with Gasteiger partial charge < -0.3 is 5.11 Å². The highest BCUT2D eigenvalue weighted by Gasteiger charge is 2.33. The SMILES string of the molecule is CC(C)CCS(=O)(=O)N1CC(CO)CCC1C. The molecular formula is C12H25NO3S. The number of aliphatic hydroxyl groups is 1. The van der Waals surface area contributed by atoms with E-state index in [4.69, 9.17) is 5.11 Å². The molecule has 0 aromatic heterocycles. The highest BCUT2D eigenvalue weighted by Crippen LogP contribution is 2.25. The lowest BCUT2D eigenvalue weighted by molar-refractivity contribution is 0.139. The third-order valence-electron chi connectivity index (χ3n) is 3.49. The van der Waals surface area contributed by atoms with Gasteiger partial charge in [-0.2, -0.15) is 4.31 Å². The minimum absolute atomic E-state index is 0.0787. The van der Waals surface area contributed by atoms with Crippen LogP contribution >= 0.6 is 0 Å². The molecule has 5 heteroatoms. The molecule has 1 aliphatic heterocycles. The molecule has 0 aliphatic carbocycles. The van der Waals surface area contributed by atoms with E-state index in [0.29, 0.717) is 18.9 Å². The van der Waals surface area contributed by atoms with E-state index in [9.17, 15) is 8.42 Å². The molecule has 102 valence electrons. The van der Waals surface area contributed by atoms with E-state index < -0.39 is 10.0 Å². The first-order valence-electron chi connectivity index (χ1n) is 6.47. The Kier molecular flexibility index (Phi) is 5.41. The van der Waals surface area contributed by atoms with E-state index in [0.717, 1.165) is 12.8 Å². The smallest absolute Gasteiger partial charge is 0.214 e. The van der Waals surface area contributed by atoms with Gasteiger partial charge >= 0.3 is 0 Å². The van der Waals surface area contributed by atoms with Crippen molar-refractivity contribution in [1.82, 2.24) is 4.31 Å². The van der Waals surface area contributed by atoms with E-state index in [-0.39, 0.29) is 24.3 Å². The van der Waals surface area contributed by atoms with Crippen LogP contribution < -0.4 is 0 Å². The third kappa shape index (κ3) is 4.23. The minimum Gasteiger partial charge on any atom is -0.396 e. The summed E-state index contributed by atoms with van der Waals surface area (Å²) in [5.41, 5.74) is 0. The molecule has 1 rings (SSSR count). The fourth-order valence-corrected chi connectivity index (χ4v) is 4.28. The van der Waals surface area contributed by atoms with Gasteiger partial charge in [-0.05, 0) is 38.0 Å². The molecule has 4 nitrogen and oxygen atoms in total. The van der Waals surface area contributed by atoms with E-state index in [1.165, 1.54) is 0 Å². The predicted octanol–water partition coefficient (Wildman–Crippen LogP) is 1.46. The maximum atomic E-state index is 12.2. The van der Waals surface area contributed by atoms with Crippen LogP contribution in [-0.2, 0) is 10.0 Å². The molecule has 1 aliphatic rings. The highest BCUT2D eigenvalue weighted by atomic mass is 32.2. The summed E-state index contributed by atoms with van der Waals surface area (Å²) < 4.78 is 26.0. The van der Waals surface area contributed by atoms with Crippen LogP contribution in [0.15, 0.2) is 0 Å². The Balaban J connectivity index is 2.67. The molecule has 0 spiro atoms. The van der Waals surface area contributed by atoms with Crippen LogP contribution in [0.2, 0.25) is 0 Å².